The van der Waals surface area contributed by atoms with Crippen LogP contribution in [-0.2, 0) is 6.54 Å². The van der Waals surface area contributed by atoms with Crippen LogP contribution in [0.25, 0.3) is 0 Å². The Hall–Kier alpha value is -3.53. The van der Waals surface area contributed by atoms with E-state index in [1.54, 1.807) is 11.1 Å². The normalized spacial score (nSPS) is 13.7. The molecule has 9 nitrogen and oxygen atoms in total. The van der Waals surface area contributed by atoms with Gasteiger partial charge in [-0.2, -0.15) is 0 Å². The van der Waals surface area contributed by atoms with Gasteiger partial charge in [0, 0.05) is 50.5 Å². The second kappa shape index (κ2) is 9.52. The molecule has 4 rings (SSSR count). The number of pyridine rings is 1. The first-order valence-corrected chi connectivity index (χ1v) is 10.8. The van der Waals surface area contributed by atoms with Gasteiger partial charge in [-0.1, -0.05) is 40.4 Å². The van der Waals surface area contributed by atoms with Crippen molar-refractivity contribution in [1.82, 2.24) is 24.8 Å². The Morgan fingerprint density at radius 2 is 1.84 bits per heavy atom. The van der Waals surface area contributed by atoms with Crippen molar-refractivity contribution >= 4 is 34.3 Å². The van der Waals surface area contributed by atoms with Crippen LogP contribution in [-0.4, -0.2) is 57.6 Å². The van der Waals surface area contributed by atoms with Gasteiger partial charge in [-0.25, -0.2) is 9.78 Å². The Morgan fingerprint density at radius 1 is 1.06 bits per heavy atom. The number of hydrogen-bond donors (Lipinski definition) is 2. The van der Waals surface area contributed by atoms with E-state index in [-0.39, 0.29) is 17.6 Å². The third-order valence-electron chi connectivity index (χ3n) is 5.04. The minimum atomic E-state index is -0.371. The third kappa shape index (κ3) is 5.15. The summed E-state index contributed by atoms with van der Waals surface area (Å²) in [5, 5.41) is 9.86. The van der Waals surface area contributed by atoms with Crippen LogP contribution in [0.1, 0.15) is 21.6 Å². The number of aromatic nitrogens is 3. The summed E-state index contributed by atoms with van der Waals surface area (Å²) in [6.45, 7) is 4.88. The van der Waals surface area contributed by atoms with E-state index in [4.69, 9.17) is 0 Å². The summed E-state index contributed by atoms with van der Waals surface area (Å²) in [6.07, 6.45) is 1.76. The lowest BCUT2D eigenvalue weighted by Crippen LogP contribution is -2.50. The van der Waals surface area contributed by atoms with E-state index in [2.05, 4.69) is 30.1 Å². The topological polar surface area (TPSA) is 103 Å². The van der Waals surface area contributed by atoms with E-state index in [9.17, 15) is 9.59 Å². The number of nitrogens with zero attached hydrogens (tertiary/aromatic N) is 5. The zero-order valence-electron chi connectivity index (χ0n) is 17.1. The molecule has 3 amide bonds. The van der Waals surface area contributed by atoms with Gasteiger partial charge in [0.15, 0.2) is 10.7 Å². The molecule has 1 aromatic carbocycles. The maximum atomic E-state index is 12.7. The number of rotatable bonds is 5. The highest BCUT2D eigenvalue weighted by atomic mass is 32.1. The number of carbonyl (C=O) groups is 2. The van der Waals surface area contributed by atoms with Gasteiger partial charge in [0.1, 0.15) is 5.82 Å². The fourth-order valence-corrected chi connectivity index (χ4v) is 3.81. The average Bonchev–Trinajstić information content (AvgIpc) is 3.27. The van der Waals surface area contributed by atoms with Gasteiger partial charge >= 0.3 is 6.03 Å². The van der Waals surface area contributed by atoms with Crippen LogP contribution in [0.3, 0.4) is 0 Å². The van der Waals surface area contributed by atoms with Crippen molar-refractivity contribution in [3.05, 3.63) is 65.5 Å². The summed E-state index contributed by atoms with van der Waals surface area (Å²) in [7, 11) is 0. The largest absolute Gasteiger partial charge is 0.353 e. The fourth-order valence-electron chi connectivity index (χ4n) is 3.25. The molecule has 10 heteroatoms. The van der Waals surface area contributed by atoms with Gasteiger partial charge in [0.2, 0.25) is 0 Å². The Balaban J connectivity index is 1.31. The van der Waals surface area contributed by atoms with E-state index in [1.807, 2.05) is 49.4 Å². The zero-order valence-corrected chi connectivity index (χ0v) is 17.9. The van der Waals surface area contributed by atoms with Crippen LogP contribution in [0.5, 0.6) is 0 Å². The number of nitrogens with one attached hydrogen (secondary N) is 2. The number of carbonyl (C=O) groups excluding carboxylic acids is 2. The van der Waals surface area contributed by atoms with Crippen molar-refractivity contribution in [2.45, 2.75) is 13.5 Å². The smallest absolute Gasteiger partial charge is 0.322 e. The summed E-state index contributed by atoms with van der Waals surface area (Å²) < 4.78 is 3.84. The summed E-state index contributed by atoms with van der Waals surface area (Å²) in [6, 6.07) is 13.4. The molecule has 0 radical (unpaired) electrons. The second-order valence-corrected chi connectivity index (χ2v) is 7.97. The van der Waals surface area contributed by atoms with Gasteiger partial charge in [0.25, 0.3) is 5.91 Å². The van der Waals surface area contributed by atoms with Crippen molar-refractivity contribution in [2.24, 2.45) is 0 Å². The van der Waals surface area contributed by atoms with Crippen LogP contribution < -0.4 is 15.5 Å². The van der Waals surface area contributed by atoms with Gasteiger partial charge in [-0.3, -0.25) is 10.1 Å². The number of urea groups is 1. The highest BCUT2D eigenvalue weighted by molar-refractivity contribution is 7.10. The molecule has 0 atom stereocenters. The molecule has 2 aromatic heterocycles. The molecule has 1 aliphatic rings. The summed E-state index contributed by atoms with van der Waals surface area (Å²) in [5.74, 6) is 0.534. The molecule has 0 bridgehead atoms. The molecule has 1 saturated heterocycles. The van der Waals surface area contributed by atoms with Crippen molar-refractivity contribution in [1.29, 1.82) is 0 Å². The lowest BCUT2D eigenvalue weighted by molar-refractivity contribution is 0.0946. The van der Waals surface area contributed by atoms with E-state index in [0.29, 0.717) is 37.7 Å². The Labute approximate surface area is 184 Å². The van der Waals surface area contributed by atoms with Crippen molar-refractivity contribution in [3.63, 3.8) is 0 Å². The zero-order chi connectivity index (χ0) is 21.6. The van der Waals surface area contributed by atoms with Crippen LogP contribution in [0.15, 0.2) is 48.7 Å². The summed E-state index contributed by atoms with van der Waals surface area (Å²) >= 11 is 0.990. The molecule has 3 aromatic rings. The van der Waals surface area contributed by atoms with Gasteiger partial charge in [-0.05, 0) is 24.6 Å². The molecular formula is C21H23N7O2S. The van der Waals surface area contributed by atoms with Crippen molar-refractivity contribution < 1.29 is 9.59 Å². The molecule has 0 saturated carbocycles. The van der Waals surface area contributed by atoms with E-state index in [0.717, 1.165) is 28.5 Å². The van der Waals surface area contributed by atoms with Crippen molar-refractivity contribution in [3.8, 4) is 0 Å². The van der Waals surface area contributed by atoms with E-state index in [1.165, 1.54) is 0 Å². The van der Waals surface area contributed by atoms with Crippen molar-refractivity contribution in [2.75, 3.05) is 36.4 Å². The first-order valence-electron chi connectivity index (χ1n) is 9.98. The standard InChI is InChI=1S/C21H23N7O2S/c1-15-5-7-16(8-6-15)14-23-19(29)18-20(31-26-25-18)24-21(30)28-12-10-27(11-13-28)17-4-2-3-9-22-17/h2-9H,10-14H2,1H3,(H,23,29)(H,24,30). The number of amides is 3. The SMILES string of the molecule is Cc1ccc(CNC(=O)c2nnsc2NC(=O)N2CCN(c3ccccn3)CC2)cc1. The monoisotopic (exact) mass is 437 g/mol. The first kappa shape index (κ1) is 20.7. The van der Waals surface area contributed by atoms with E-state index < -0.39 is 0 Å². The molecule has 3 heterocycles. The lowest BCUT2D eigenvalue weighted by atomic mass is 10.1. The second-order valence-electron chi connectivity index (χ2n) is 7.21. The van der Waals surface area contributed by atoms with Gasteiger partial charge < -0.3 is 15.1 Å². The average molecular weight is 438 g/mol. The van der Waals surface area contributed by atoms with Crippen LogP contribution >= 0.6 is 11.5 Å². The van der Waals surface area contributed by atoms with Crippen LogP contribution in [0.4, 0.5) is 15.6 Å². The van der Waals surface area contributed by atoms with Crippen LogP contribution in [0.2, 0.25) is 0 Å². The minimum Gasteiger partial charge on any atom is -0.353 e. The summed E-state index contributed by atoms with van der Waals surface area (Å²) in [4.78, 5) is 33.4. The predicted molar refractivity (Wildman–Crippen MR) is 119 cm³/mol. The Morgan fingerprint density at radius 3 is 2.55 bits per heavy atom. The maximum absolute atomic E-state index is 12.7. The lowest BCUT2D eigenvalue weighted by Gasteiger charge is -2.35. The Kier molecular flexibility index (Phi) is 6.37. The highest BCUT2D eigenvalue weighted by Crippen LogP contribution is 2.19. The molecule has 0 spiro atoms. The number of aryl methyl sites for hydroxylation is 1. The van der Waals surface area contributed by atoms with Gasteiger partial charge in [-0.15, -0.1) is 5.10 Å². The van der Waals surface area contributed by atoms with E-state index >= 15 is 0 Å². The molecule has 2 N–H and O–H groups in total. The quantitative estimate of drug-likeness (QED) is 0.636. The Bertz CT molecular complexity index is 1030. The highest BCUT2D eigenvalue weighted by Gasteiger charge is 2.24. The number of anilines is 2. The van der Waals surface area contributed by atoms with Gasteiger partial charge in [0.05, 0.1) is 0 Å². The fraction of sp³-hybridized carbons (Fsp3) is 0.286. The van der Waals surface area contributed by atoms with Crippen LogP contribution in [0, 0.1) is 6.92 Å². The number of piperazine rings is 1. The summed E-state index contributed by atoms with van der Waals surface area (Å²) in [5.41, 5.74) is 2.26. The molecule has 1 fully saturated rings. The predicted octanol–water partition coefficient (Wildman–Crippen LogP) is 2.53. The minimum absolute atomic E-state index is 0.123. The number of benzene rings is 1. The molecule has 1 aliphatic heterocycles. The maximum Gasteiger partial charge on any atom is 0.322 e. The number of hydrogen-bond acceptors (Lipinski definition) is 7. The molecule has 0 unspecified atom stereocenters. The molecule has 160 valence electrons. The molecule has 0 aliphatic carbocycles. The molecular weight excluding hydrogens is 414 g/mol. The molecule has 31 heavy (non-hydrogen) atoms. The first-order chi connectivity index (χ1) is 15.1. The third-order valence-corrected chi connectivity index (χ3v) is 5.68.